The fourth-order valence-corrected chi connectivity index (χ4v) is 1.96. The molecule has 1 aromatic heterocycles. The maximum absolute atomic E-state index is 5.35. The van der Waals surface area contributed by atoms with Crippen molar-refractivity contribution in [1.82, 2.24) is 4.98 Å². The molecular formula is C15H17NO3. The van der Waals surface area contributed by atoms with Gasteiger partial charge in [0, 0.05) is 18.0 Å². The molecule has 0 saturated heterocycles. The van der Waals surface area contributed by atoms with Gasteiger partial charge in [-0.05, 0) is 36.2 Å². The van der Waals surface area contributed by atoms with Gasteiger partial charge in [-0.1, -0.05) is 0 Å². The van der Waals surface area contributed by atoms with Gasteiger partial charge in [0.25, 0.3) is 0 Å². The van der Waals surface area contributed by atoms with E-state index >= 15 is 0 Å². The first kappa shape index (κ1) is 13.2. The van der Waals surface area contributed by atoms with Crippen LogP contribution in [0.5, 0.6) is 17.2 Å². The average molecular weight is 259 g/mol. The van der Waals surface area contributed by atoms with Crippen LogP contribution in [0.25, 0.3) is 11.1 Å². The fourth-order valence-electron chi connectivity index (χ4n) is 1.96. The zero-order valence-electron chi connectivity index (χ0n) is 11.6. The third kappa shape index (κ3) is 2.62. The number of rotatable bonds is 4. The lowest BCUT2D eigenvalue weighted by molar-refractivity contribution is 0.324. The Morgan fingerprint density at radius 2 is 1.42 bits per heavy atom. The summed E-state index contributed by atoms with van der Waals surface area (Å²) in [5, 5.41) is 0. The van der Waals surface area contributed by atoms with Crippen molar-refractivity contribution in [1.29, 1.82) is 0 Å². The molecule has 0 radical (unpaired) electrons. The first-order chi connectivity index (χ1) is 9.19. The molecule has 0 aliphatic carbocycles. The van der Waals surface area contributed by atoms with Crippen LogP contribution in [0, 0.1) is 6.92 Å². The first-order valence-electron chi connectivity index (χ1n) is 5.91. The quantitative estimate of drug-likeness (QED) is 0.846. The molecule has 4 nitrogen and oxygen atoms in total. The van der Waals surface area contributed by atoms with Crippen molar-refractivity contribution < 1.29 is 14.2 Å². The summed E-state index contributed by atoms with van der Waals surface area (Å²) in [5.41, 5.74) is 3.09. The lowest BCUT2D eigenvalue weighted by Crippen LogP contribution is -1.96. The number of benzene rings is 1. The van der Waals surface area contributed by atoms with E-state index in [4.69, 9.17) is 14.2 Å². The maximum atomic E-state index is 5.35. The Labute approximate surface area is 113 Å². The highest BCUT2D eigenvalue weighted by Gasteiger charge is 2.14. The molecule has 0 bridgehead atoms. The van der Waals surface area contributed by atoms with Crippen molar-refractivity contribution in [2.45, 2.75) is 6.92 Å². The van der Waals surface area contributed by atoms with E-state index < -0.39 is 0 Å². The Kier molecular flexibility index (Phi) is 3.90. The summed E-state index contributed by atoms with van der Waals surface area (Å²) in [4.78, 5) is 4.20. The van der Waals surface area contributed by atoms with Gasteiger partial charge in [0.2, 0.25) is 5.75 Å². The molecule has 0 fully saturated rings. The van der Waals surface area contributed by atoms with E-state index in [2.05, 4.69) is 11.1 Å². The van der Waals surface area contributed by atoms with Gasteiger partial charge in [0.05, 0.1) is 21.3 Å². The maximum Gasteiger partial charge on any atom is 0.203 e. The fraction of sp³-hybridized carbons (Fsp3) is 0.267. The summed E-state index contributed by atoms with van der Waals surface area (Å²) in [6, 6.07) is 5.89. The lowest BCUT2D eigenvalue weighted by atomic mass is 10.1. The van der Waals surface area contributed by atoms with Crippen molar-refractivity contribution in [2.24, 2.45) is 0 Å². The van der Waals surface area contributed by atoms with Crippen LogP contribution in [-0.2, 0) is 0 Å². The van der Waals surface area contributed by atoms with Gasteiger partial charge in [-0.25, -0.2) is 0 Å². The van der Waals surface area contributed by atoms with Crippen molar-refractivity contribution in [3.05, 3.63) is 36.2 Å². The van der Waals surface area contributed by atoms with E-state index in [9.17, 15) is 0 Å². The number of ether oxygens (including phenoxy) is 3. The average Bonchev–Trinajstić information content (AvgIpc) is 2.45. The van der Waals surface area contributed by atoms with Crippen molar-refractivity contribution in [3.8, 4) is 28.4 Å². The monoisotopic (exact) mass is 259 g/mol. The zero-order chi connectivity index (χ0) is 13.8. The van der Waals surface area contributed by atoms with E-state index in [-0.39, 0.29) is 0 Å². The zero-order valence-corrected chi connectivity index (χ0v) is 11.6. The van der Waals surface area contributed by atoms with Crippen LogP contribution in [-0.4, -0.2) is 26.3 Å². The van der Waals surface area contributed by atoms with Gasteiger partial charge in [-0.15, -0.1) is 0 Å². The van der Waals surface area contributed by atoms with E-state index in [0.717, 1.165) is 16.7 Å². The number of pyridine rings is 1. The van der Waals surface area contributed by atoms with Gasteiger partial charge < -0.3 is 14.2 Å². The summed E-state index contributed by atoms with van der Waals surface area (Å²) >= 11 is 0. The van der Waals surface area contributed by atoms with Crippen molar-refractivity contribution >= 4 is 0 Å². The molecule has 0 saturated carbocycles. The van der Waals surface area contributed by atoms with E-state index in [1.54, 1.807) is 21.3 Å². The number of nitrogens with zero attached hydrogens (tertiary/aromatic N) is 1. The predicted molar refractivity (Wildman–Crippen MR) is 74.1 cm³/mol. The van der Waals surface area contributed by atoms with E-state index in [0.29, 0.717) is 17.2 Å². The number of aryl methyl sites for hydroxylation is 1. The third-order valence-electron chi connectivity index (χ3n) is 2.87. The molecule has 2 rings (SSSR count). The molecule has 100 valence electrons. The minimum atomic E-state index is 0.592. The van der Waals surface area contributed by atoms with Gasteiger partial charge in [0.1, 0.15) is 0 Å². The molecule has 1 aromatic carbocycles. The van der Waals surface area contributed by atoms with Crippen LogP contribution in [0.4, 0.5) is 0 Å². The molecule has 0 N–H and O–H groups in total. The minimum Gasteiger partial charge on any atom is -0.493 e. The Morgan fingerprint density at radius 3 is 1.89 bits per heavy atom. The number of aromatic nitrogens is 1. The molecule has 1 heterocycles. The smallest absolute Gasteiger partial charge is 0.203 e. The molecule has 0 spiro atoms. The SMILES string of the molecule is COc1cc(-c2cncc(C)c2)cc(OC)c1OC. The topological polar surface area (TPSA) is 40.6 Å². The second-order valence-corrected chi connectivity index (χ2v) is 4.16. The second kappa shape index (κ2) is 5.61. The third-order valence-corrected chi connectivity index (χ3v) is 2.87. The highest BCUT2D eigenvalue weighted by Crippen LogP contribution is 2.41. The van der Waals surface area contributed by atoms with Gasteiger partial charge in [0.15, 0.2) is 11.5 Å². The highest BCUT2D eigenvalue weighted by atomic mass is 16.5. The molecule has 4 heteroatoms. The van der Waals surface area contributed by atoms with E-state index in [1.165, 1.54) is 0 Å². The molecule has 2 aromatic rings. The Hall–Kier alpha value is -2.23. The van der Waals surface area contributed by atoms with Crippen LogP contribution >= 0.6 is 0 Å². The summed E-state index contributed by atoms with van der Waals surface area (Å²) in [6.45, 7) is 2.01. The Bertz CT molecular complexity index is 556. The summed E-state index contributed by atoms with van der Waals surface area (Å²) < 4.78 is 16.0. The van der Waals surface area contributed by atoms with E-state index in [1.807, 2.05) is 31.5 Å². The number of methoxy groups -OCH3 is 3. The van der Waals surface area contributed by atoms with Crippen molar-refractivity contribution in [3.63, 3.8) is 0 Å². The number of hydrogen-bond acceptors (Lipinski definition) is 4. The molecule has 0 unspecified atom stereocenters. The van der Waals surface area contributed by atoms with Crippen LogP contribution < -0.4 is 14.2 Å². The minimum absolute atomic E-state index is 0.592. The first-order valence-corrected chi connectivity index (χ1v) is 5.91. The largest absolute Gasteiger partial charge is 0.493 e. The summed E-state index contributed by atoms with van der Waals surface area (Å²) in [7, 11) is 4.80. The molecule has 0 aliphatic rings. The Balaban J connectivity index is 2.59. The number of hydrogen-bond donors (Lipinski definition) is 0. The summed E-state index contributed by atoms with van der Waals surface area (Å²) in [6.07, 6.45) is 3.63. The van der Waals surface area contributed by atoms with Crippen LogP contribution in [0.2, 0.25) is 0 Å². The lowest BCUT2D eigenvalue weighted by Gasteiger charge is -2.14. The standard InChI is InChI=1S/C15H17NO3/c1-10-5-12(9-16-8-10)11-6-13(17-2)15(19-4)14(7-11)18-3/h5-9H,1-4H3. The van der Waals surface area contributed by atoms with Crippen LogP contribution in [0.15, 0.2) is 30.6 Å². The highest BCUT2D eigenvalue weighted by molar-refractivity contribution is 5.70. The second-order valence-electron chi connectivity index (χ2n) is 4.16. The van der Waals surface area contributed by atoms with Gasteiger partial charge in [-0.2, -0.15) is 0 Å². The predicted octanol–water partition coefficient (Wildman–Crippen LogP) is 3.08. The molecule has 0 atom stereocenters. The van der Waals surface area contributed by atoms with Gasteiger partial charge in [-0.3, -0.25) is 4.98 Å². The van der Waals surface area contributed by atoms with Crippen LogP contribution in [0.3, 0.4) is 0 Å². The van der Waals surface area contributed by atoms with Crippen molar-refractivity contribution in [2.75, 3.05) is 21.3 Å². The molecule has 0 amide bonds. The Morgan fingerprint density at radius 1 is 0.789 bits per heavy atom. The molecule has 19 heavy (non-hydrogen) atoms. The van der Waals surface area contributed by atoms with Gasteiger partial charge >= 0.3 is 0 Å². The summed E-state index contributed by atoms with van der Waals surface area (Å²) in [5.74, 6) is 1.87. The molecule has 0 aliphatic heterocycles. The van der Waals surface area contributed by atoms with Crippen LogP contribution in [0.1, 0.15) is 5.56 Å². The molecular weight excluding hydrogens is 242 g/mol. The normalized spacial score (nSPS) is 10.1.